The first-order chi connectivity index (χ1) is 13.0. The SMILES string of the molecule is Cc1nc2c(c(-c3ccn[nH]3)n1)C[C@@H](C)N(C(=O)c1cccc(C)c1C)C2. The number of fused-ring (bicyclic) bond motifs is 1. The minimum Gasteiger partial charge on any atom is -0.330 e. The van der Waals surface area contributed by atoms with Gasteiger partial charge in [-0.3, -0.25) is 9.89 Å². The first-order valence-corrected chi connectivity index (χ1v) is 9.19. The van der Waals surface area contributed by atoms with Crippen LogP contribution >= 0.6 is 0 Å². The zero-order chi connectivity index (χ0) is 19.1. The second-order valence-electron chi connectivity index (χ2n) is 7.25. The van der Waals surface area contributed by atoms with Gasteiger partial charge in [-0.25, -0.2) is 9.97 Å². The van der Waals surface area contributed by atoms with Crippen LogP contribution in [0.1, 0.15) is 45.5 Å². The number of hydrogen-bond donors (Lipinski definition) is 1. The monoisotopic (exact) mass is 361 g/mol. The van der Waals surface area contributed by atoms with E-state index in [1.54, 1.807) is 6.20 Å². The van der Waals surface area contributed by atoms with Crippen molar-refractivity contribution in [2.45, 2.75) is 46.7 Å². The van der Waals surface area contributed by atoms with Crippen molar-refractivity contribution in [2.24, 2.45) is 0 Å². The fourth-order valence-electron chi connectivity index (χ4n) is 3.74. The topological polar surface area (TPSA) is 74.8 Å². The highest BCUT2D eigenvalue weighted by atomic mass is 16.2. The van der Waals surface area contributed by atoms with E-state index in [0.29, 0.717) is 12.4 Å². The summed E-state index contributed by atoms with van der Waals surface area (Å²) in [4.78, 5) is 24.5. The molecule has 1 amide bonds. The lowest BCUT2D eigenvalue weighted by Crippen LogP contribution is -2.43. The molecule has 1 aliphatic rings. The Labute approximate surface area is 158 Å². The maximum atomic E-state index is 13.3. The van der Waals surface area contributed by atoms with Gasteiger partial charge in [0.1, 0.15) is 5.82 Å². The van der Waals surface area contributed by atoms with E-state index in [4.69, 9.17) is 0 Å². The van der Waals surface area contributed by atoms with E-state index in [2.05, 4.69) is 27.1 Å². The second-order valence-corrected chi connectivity index (χ2v) is 7.25. The molecule has 3 aromatic rings. The summed E-state index contributed by atoms with van der Waals surface area (Å²) in [7, 11) is 0. The quantitative estimate of drug-likeness (QED) is 0.759. The number of carbonyl (C=O) groups is 1. The summed E-state index contributed by atoms with van der Waals surface area (Å²) >= 11 is 0. The number of aromatic nitrogens is 4. The fraction of sp³-hybridized carbons (Fsp3) is 0.333. The molecule has 3 heterocycles. The maximum absolute atomic E-state index is 13.3. The minimum atomic E-state index is 0.0636. The molecule has 2 aromatic heterocycles. The predicted octanol–water partition coefficient (Wildman–Crippen LogP) is 3.38. The molecular weight excluding hydrogens is 338 g/mol. The Morgan fingerprint density at radius 2 is 2.00 bits per heavy atom. The Hall–Kier alpha value is -3.02. The molecule has 0 saturated carbocycles. The first-order valence-electron chi connectivity index (χ1n) is 9.19. The summed E-state index contributed by atoms with van der Waals surface area (Å²) in [5, 5.41) is 7.05. The second kappa shape index (κ2) is 6.61. The number of amides is 1. The van der Waals surface area contributed by atoms with Gasteiger partial charge in [0.15, 0.2) is 0 Å². The number of rotatable bonds is 2. The molecule has 0 unspecified atom stereocenters. The lowest BCUT2D eigenvalue weighted by atomic mass is 9.94. The van der Waals surface area contributed by atoms with Crippen molar-refractivity contribution in [3.8, 4) is 11.4 Å². The van der Waals surface area contributed by atoms with Crippen molar-refractivity contribution in [1.29, 1.82) is 0 Å². The third-order valence-electron chi connectivity index (χ3n) is 5.41. The van der Waals surface area contributed by atoms with Crippen LogP contribution in [-0.4, -0.2) is 37.0 Å². The predicted molar refractivity (Wildman–Crippen MR) is 103 cm³/mol. The summed E-state index contributed by atoms with van der Waals surface area (Å²) in [5.41, 5.74) is 6.73. The van der Waals surface area contributed by atoms with E-state index >= 15 is 0 Å². The molecule has 0 spiro atoms. The van der Waals surface area contributed by atoms with Gasteiger partial charge in [-0.15, -0.1) is 0 Å². The summed E-state index contributed by atoms with van der Waals surface area (Å²) in [6, 6.07) is 7.88. The number of benzene rings is 1. The summed E-state index contributed by atoms with van der Waals surface area (Å²) < 4.78 is 0. The van der Waals surface area contributed by atoms with E-state index in [1.165, 1.54) is 0 Å². The van der Waals surface area contributed by atoms with E-state index in [9.17, 15) is 4.79 Å². The van der Waals surface area contributed by atoms with Gasteiger partial charge in [-0.2, -0.15) is 5.10 Å². The minimum absolute atomic E-state index is 0.0636. The number of aryl methyl sites for hydroxylation is 2. The highest BCUT2D eigenvalue weighted by molar-refractivity contribution is 5.96. The summed E-state index contributed by atoms with van der Waals surface area (Å²) in [6.07, 6.45) is 2.45. The van der Waals surface area contributed by atoms with Crippen molar-refractivity contribution in [3.63, 3.8) is 0 Å². The standard InChI is InChI=1S/C21H23N5O/c1-12-6-5-7-16(14(12)3)21(27)26-11-19-17(10-13(26)2)20(24-15(4)23-19)18-8-9-22-25-18/h5-9,13H,10-11H2,1-4H3,(H,22,25)/t13-/m1/s1. The number of carbonyl (C=O) groups excluding carboxylic acids is 1. The van der Waals surface area contributed by atoms with Gasteiger partial charge < -0.3 is 4.90 Å². The maximum Gasteiger partial charge on any atom is 0.254 e. The number of nitrogens with zero attached hydrogens (tertiary/aromatic N) is 4. The molecule has 6 heteroatoms. The zero-order valence-corrected chi connectivity index (χ0v) is 16.1. The van der Waals surface area contributed by atoms with Crippen LogP contribution in [0.5, 0.6) is 0 Å². The molecule has 1 N–H and O–H groups in total. The van der Waals surface area contributed by atoms with Crippen LogP contribution in [0.3, 0.4) is 0 Å². The molecule has 0 radical (unpaired) electrons. The molecule has 0 aliphatic carbocycles. The van der Waals surface area contributed by atoms with Crippen molar-refractivity contribution < 1.29 is 4.79 Å². The highest BCUT2D eigenvalue weighted by Crippen LogP contribution is 2.30. The van der Waals surface area contributed by atoms with E-state index in [-0.39, 0.29) is 11.9 Å². The largest absolute Gasteiger partial charge is 0.330 e. The molecule has 1 atom stereocenters. The molecule has 1 aromatic carbocycles. The third-order valence-corrected chi connectivity index (χ3v) is 5.41. The van der Waals surface area contributed by atoms with E-state index < -0.39 is 0 Å². The zero-order valence-electron chi connectivity index (χ0n) is 16.1. The van der Waals surface area contributed by atoms with E-state index in [1.807, 2.05) is 49.9 Å². The van der Waals surface area contributed by atoms with Crippen LogP contribution in [0.25, 0.3) is 11.4 Å². The van der Waals surface area contributed by atoms with Crippen LogP contribution in [0.4, 0.5) is 0 Å². The van der Waals surface area contributed by atoms with Crippen LogP contribution in [0.15, 0.2) is 30.5 Å². The molecule has 6 nitrogen and oxygen atoms in total. The van der Waals surface area contributed by atoms with E-state index in [0.717, 1.165) is 45.8 Å². The van der Waals surface area contributed by atoms with Crippen molar-refractivity contribution in [3.05, 3.63) is 64.2 Å². The van der Waals surface area contributed by atoms with Gasteiger partial charge in [-0.05, 0) is 57.4 Å². The van der Waals surface area contributed by atoms with Crippen molar-refractivity contribution in [2.75, 3.05) is 0 Å². The Balaban J connectivity index is 1.73. The van der Waals surface area contributed by atoms with Gasteiger partial charge in [0.25, 0.3) is 5.91 Å². The lowest BCUT2D eigenvalue weighted by molar-refractivity contribution is 0.0653. The third kappa shape index (κ3) is 3.01. The fourth-order valence-corrected chi connectivity index (χ4v) is 3.74. The normalized spacial score (nSPS) is 16.3. The lowest BCUT2D eigenvalue weighted by Gasteiger charge is -2.35. The molecule has 1 aliphatic heterocycles. The molecule has 0 fully saturated rings. The number of nitrogens with one attached hydrogen (secondary N) is 1. The van der Waals surface area contributed by atoms with Crippen molar-refractivity contribution in [1.82, 2.24) is 25.1 Å². The number of aromatic amines is 1. The molecule has 138 valence electrons. The van der Waals surface area contributed by atoms with Gasteiger partial charge in [-0.1, -0.05) is 12.1 Å². The van der Waals surface area contributed by atoms with Crippen LogP contribution in [0, 0.1) is 20.8 Å². The Bertz CT molecular complexity index is 1010. The van der Waals surface area contributed by atoms with Gasteiger partial charge >= 0.3 is 0 Å². The Morgan fingerprint density at radius 1 is 1.19 bits per heavy atom. The van der Waals surface area contributed by atoms with Gasteiger partial charge in [0.2, 0.25) is 0 Å². The van der Waals surface area contributed by atoms with Crippen LogP contribution in [-0.2, 0) is 13.0 Å². The molecule has 0 saturated heterocycles. The Kier molecular flexibility index (Phi) is 4.26. The first kappa shape index (κ1) is 17.4. The van der Waals surface area contributed by atoms with Crippen LogP contribution in [0.2, 0.25) is 0 Å². The number of H-pyrrole nitrogens is 1. The highest BCUT2D eigenvalue weighted by Gasteiger charge is 2.31. The van der Waals surface area contributed by atoms with Gasteiger partial charge in [0.05, 0.1) is 23.6 Å². The summed E-state index contributed by atoms with van der Waals surface area (Å²) in [5.74, 6) is 0.765. The summed E-state index contributed by atoms with van der Waals surface area (Å²) in [6.45, 7) is 8.51. The average molecular weight is 361 g/mol. The smallest absolute Gasteiger partial charge is 0.254 e. The van der Waals surface area contributed by atoms with Crippen molar-refractivity contribution >= 4 is 5.91 Å². The molecule has 27 heavy (non-hydrogen) atoms. The van der Waals surface area contributed by atoms with Crippen LogP contribution < -0.4 is 0 Å². The number of hydrogen-bond acceptors (Lipinski definition) is 4. The Morgan fingerprint density at radius 3 is 2.74 bits per heavy atom. The molecule has 0 bridgehead atoms. The van der Waals surface area contributed by atoms with Gasteiger partial charge in [0, 0.05) is 23.4 Å². The average Bonchev–Trinajstić information content (AvgIpc) is 3.17. The molecule has 4 rings (SSSR count). The molecular formula is C21H23N5O.